The highest BCUT2D eigenvalue weighted by Crippen LogP contribution is 2.40. The summed E-state index contributed by atoms with van der Waals surface area (Å²) in [5, 5.41) is 11.6. The quantitative estimate of drug-likeness (QED) is 0.467. The number of thiazole rings is 1. The third-order valence-electron chi connectivity index (χ3n) is 5.31. The lowest BCUT2D eigenvalue weighted by Gasteiger charge is -2.27. The van der Waals surface area contributed by atoms with Gasteiger partial charge in [0.1, 0.15) is 0 Å². The van der Waals surface area contributed by atoms with Crippen LogP contribution in [-0.2, 0) is 11.2 Å². The highest BCUT2D eigenvalue weighted by Gasteiger charge is 2.44. The summed E-state index contributed by atoms with van der Waals surface area (Å²) in [5.41, 5.74) is 2.57. The number of aromatic nitrogens is 1. The molecule has 1 N–H and O–H groups in total. The number of Topliss-reactive ketones (excluding diaryl/α,β-unsaturated/α-hetero) is 1. The second kappa shape index (κ2) is 8.77. The summed E-state index contributed by atoms with van der Waals surface area (Å²) in [6, 6.07) is 16.7. The lowest BCUT2D eigenvalue weighted by atomic mass is 9.95. The molecule has 1 aromatic heterocycles. The second-order valence-electron chi connectivity index (χ2n) is 7.43. The molecule has 3 aromatic rings. The van der Waals surface area contributed by atoms with E-state index in [0.29, 0.717) is 23.5 Å². The van der Waals surface area contributed by atoms with Gasteiger partial charge < -0.3 is 10.0 Å². The van der Waals surface area contributed by atoms with Crippen molar-refractivity contribution >= 4 is 39.0 Å². The first-order valence-electron chi connectivity index (χ1n) is 9.89. The van der Waals surface area contributed by atoms with Gasteiger partial charge in [0.05, 0.1) is 27.2 Å². The molecule has 1 unspecified atom stereocenters. The Hall–Kier alpha value is -2.77. The predicted molar refractivity (Wildman–Crippen MR) is 124 cm³/mol. The van der Waals surface area contributed by atoms with Crippen LogP contribution in [0.15, 0.2) is 70.4 Å². The molecule has 1 aliphatic heterocycles. The van der Waals surface area contributed by atoms with Gasteiger partial charge in [-0.25, -0.2) is 4.98 Å². The number of amides is 1. The zero-order valence-electron chi connectivity index (χ0n) is 17.1. The number of carbonyl (C=O) groups excluding carboxylic acids is 2. The number of halogens is 1. The zero-order valence-corrected chi connectivity index (χ0v) is 19.5. The Morgan fingerprint density at radius 3 is 2.55 bits per heavy atom. The van der Waals surface area contributed by atoms with Crippen molar-refractivity contribution in [3.05, 3.63) is 97.1 Å². The molecule has 1 aliphatic rings. The highest BCUT2D eigenvalue weighted by atomic mass is 79.9. The van der Waals surface area contributed by atoms with Crippen LogP contribution in [0.2, 0.25) is 0 Å². The van der Waals surface area contributed by atoms with Crippen LogP contribution in [0.5, 0.6) is 0 Å². The van der Waals surface area contributed by atoms with E-state index in [0.717, 1.165) is 20.6 Å². The number of hydrogen-bond donors (Lipinski definition) is 1. The predicted octanol–water partition coefficient (Wildman–Crippen LogP) is 5.34. The van der Waals surface area contributed by atoms with Crippen molar-refractivity contribution < 1.29 is 14.7 Å². The summed E-state index contributed by atoms with van der Waals surface area (Å²) in [6.07, 6.45) is 0.616. The molecule has 2 aromatic carbocycles. The summed E-state index contributed by atoms with van der Waals surface area (Å²) in [6.45, 7) is 3.98. The molecule has 4 rings (SSSR count). The first-order valence-corrected chi connectivity index (χ1v) is 11.5. The summed E-state index contributed by atoms with van der Waals surface area (Å²) < 4.78 is 0.837. The molecule has 1 atom stereocenters. The van der Waals surface area contributed by atoms with E-state index in [1.54, 1.807) is 11.8 Å². The Morgan fingerprint density at radius 1 is 1.16 bits per heavy atom. The normalized spacial score (nSPS) is 16.3. The van der Waals surface area contributed by atoms with Crippen LogP contribution in [0, 0.1) is 13.8 Å². The number of hydrogen-bond acceptors (Lipinski definition) is 5. The molecular formula is C24H21BrN2O3S. The van der Waals surface area contributed by atoms with Crippen LogP contribution in [0.25, 0.3) is 0 Å². The van der Waals surface area contributed by atoms with Gasteiger partial charge in [0.2, 0.25) is 5.78 Å². The SMILES string of the molecule is Cc1nc(C)c(C(=O)C2=C(O)C(=O)N(CCc3ccccc3)C2c2cccc(Br)c2)s1. The number of aryl methyl sites for hydroxylation is 2. The molecule has 7 heteroatoms. The van der Waals surface area contributed by atoms with Gasteiger partial charge in [-0.05, 0) is 43.5 Å². The Balaban J connectivity index is 1.75. The maximum absolute atomic E-state index is 13.5. The summed E-state index contributed by atoms with van der Waals surface area (Å²) in [5.74, 6) is -1.35. The number of carbonyl (C=O) groups is 2. The minimum atomic E-state index is -0.664. The van der Waals surface area contributed by atoms with Crippen molar-refractivity contribution in [1.82, 2.24) is 9.88 Å². The molecule has 2 heterocycles. The monoisotopic (exact) mass is 496 g/mol. The van der Waals surface area contributed by atoms with E-state index in [2.05, 4.69) is 20.9 Å². The fourth-order valence-corrected chi connectivity index (χ4v) is 5.19. The van der Waals surface area contributed by atoms with Gasteiger partial charge in [0, 0.05) is 11.0 Å². The number of benzene rings is 2. The molecule has 0 aliphatic carbocycles. The van der Waals surface area contributed by atoms with E-state index in [1.807, 2.05) is 61.5 Å². The van der Waals surface area contributed by atoms with E-state index in [-0.39, 0.29) is 11.4 Å². The molecule has 158 valence electrons. The minimum absolute atomic E-state index is 0.114. The molecule has 0 saturated carbocycles. The van der Waals surface area contributed by atoms with Gasteiger partial charge in [-0.2, -0.15) is 0 Å². The largest absolute Gasteiger partial charge is 0.503 e. The van der Waals surface area contributed by atoms with E-state index in [4.69, 9.17) is 0 Å². The van der Waals surface area contributed by atoms with E-state index >= 15 is 0 Å². The van der Waals surface area contributed by atoms with Crippen molar-refractivity contribution in [3.63, 3.8) is 0 Å². The molecular weight excluding hydrogens is 476 g/mol. The van der Waals surface area contributed by atoms with Crippen LogP contribution >= 0.6 is 27.3 Å². The highest BCUT2D eigenvalue weighted by molar-refractivity contribution is 9.10. The molecule has 0 bridgehead atoms. The lowest BCUT2D eigenvalue weighted by Crippen LogP contribution is -2.33. The molecule has 0 spiro atoms. The molecule has 0 radical (unpaired) electrons. The molecule has 0 fully saturated rings. The molecule has 0 saturated heterocycles. The first kappa shape index (κ1) is 21.5. The standard InChI is InChI=1S/C24H21BrN2O3S/c1-14-23(31-15(2)26-14)21(28)19-20(17-9-6-10-18(25)13-17)27(24(30)22(19)29)12-11-16-7-4-3-5-8-16/h3-10,13,20,29H,11-12H2,1-2H3. The van der Waals surface area contributed by atoms with E-state index < -0.39 is 17.7 Å². The molecule has 5 nitrogen and oxygen atoms in total. The van der Waals surface area contributed by atoms with Gasteiger partial charge >= 0.3 is 0 Å². The van der Waals surface area contributed by atoms with Crippen LogP contribution < -0.4 is 0 Å². The maximum atomic E-state index is 13.5. The maximum Gasteiger partial charge on any atom is 0.290 e. The number of aliphatic hydroxyl groups excluding tert-OH is 1. The fraction of sp³-hybridized carbons (Fsp3) is 0.208. The first-order chi connectivity index (χ1) is 14.9. The molecule has 1 amide bonds. The Labute approximate surface area is 193 Å². The van der Waals surface area contributed by atoms with Crippen molar-refractivity contribution in [3.8, 4) is 0 Å². The topological polar surface area (TPSA) is 70.5 Å². The number of ketones is 1. The zero-order chi connectivity index (χ0) is 22.1. The lowest BCUT2D eigenvalue weighted by molar-refractivity contribution is -0.129. The molecule has 31 heavy (non-hydrogen) atoms. The van der Waals surface area contributed by atoms with Crippen molar-refractivity contribution in [1.29, 1.82) is 0 Å². The third-order valence-corrected chi connectivity index (χ3v) is 6.87. The van der Waals surface area contributed by atoms with Gasteiger partial charge in [0.25, 0.3) is 5.91 Å². The van der Waals surface area contributed by atoms with E-state index in [9.17, 15) is 14.7 Å². The average Bonchev–Trinajstić information content (AvgIpc) is 3.22. The van der Waals surface area contributed by atoms with Gasteiger partial charge in [-0.1, -0.05) is 58.4 Å². The van der Waals surface area contributed by atoms with Crippen molar-refractivity contribution in [2.45, 2.75) is 26.3 Å². The van der Waals surface area contributed by atoms with Crippen LogP contribution in [0.4, 0.5) is 0 Å². The smallest absolute Gasteiger partial charge is 0.290 e. The van der Waals surface area contributed by atoms with Crippen LogP contribution in [-0.4, -0.2) is 33.2 Å². The Bertz CT molecular complexity index is 1190. The van der Waals surface area contributed by atoms with E-state index in [1.165, 1.54) is 11.3 Å². The van der Waals surface area contributed by atoms with Crippen LogP contribution in [0.3, 0.4) is 0 Å². The second-order valence-corrected chi connectivity index (χ2v) is 9.55. The Morgan fingerprint density at radius 2 is 1.90 bits per heavy atom. The number of rotatable bonds is 6. The third kappa shape index (κ3) is 4.20. The average molecular weight is 497 g/mol. The van der Waals surface area contributed by atoms with Crippen molar-refractivity contribution in [2.24, 2.45) is 0 Å². The van der Waals surface area contributed by atoms with Gasteiger partial charge in [0.15, 0.2) is 5.76 Å². The summed E-state index contributed by atoms with van der Waals surface area (Å²) in [7, 11) is 0. The fourth-order valence-electron chi connectivity index (χ4n) is 3.90. The summed E-state index contributed by atoms with van der Waals surface area (Å²) >= 11 is 4.76. The van der Waals surface area contributed by atoms with Gasteiger partial charge in [-0.3, -0.25) is 9.59 Å². The van der Waals surface area contributed by atoms with Crippen molar-refractivity contribution in [2.75, 3.05) is 6.54 Å². The van der Waals surface area contributed by atoms with Gasteiger partial charge in [-0.15, -0.1) is 11.3 Å². The number of aliphatic hydroxyl groups is 1. The van der Waals surface area contributed by atoms with Crippen LogP contribution in [0.1, 0.15) is 37.5 Å². The number of nitrogens with zero attached hydrogens (tertiary/aromatic N) is 2. The summed E-state index contributed by atoms with van der Waals surface area (Å²) in [4.78, 5) is 32.9. The minimum Gasteiger partial charge on any atom is -0.503 e. The Kier molecular flexibility index (Phi) is 6.07.